The van der Waals surface area contributed by atoms with Crippen molar-refractivity contribution in [2.24, 2.45) is 0 Å². The molecule has 1 aliphatic heterocycles. The minimum atomic E-state index is 0.422. The Morgan fingerprint density at radius 3 is 2.40 bits per heavy atom. The molecule has 1 rings (SSSR count). The van der Waals surface area contributed by atoms with Gasteiger partial charge in [0.2, 0.25) is 0 Å². The van der Waals surface area contributed by atoms with E-state index < -0.39 is 0 Å². The molecule has 0 aromatic rings. The highest BCUT2D eigenvalue weighted by molar-refractivity contribution is 4.79. The smallest absolute Gasteiger partial charge is 0.0565 e. The van der Waals surface area contributed by atoms with Gasteiger partial charge in [0.25, 0.3) is 0 Å². The lowest BCUT2D eigenvalue weighted by Crippen LogP contribution is -2.43. The van der Waals surface area contributed by atoms with E-state index in [2.05, 4.69) is 31.1 Å². The van der Waals surface area contributed by atoms with Crippen molar-refractivity contribution < 1.29 is 4.74 Å². The molecule has 0 aromatic heterocycles. The third-order valence-corrected chi connectivity index (χ3v) is 3.23. The highest BCUT2D eigenvalue weighted by Crippen LogP contribution is 2.22. The Kier molecular flexibility index (Phi) is 5.58. The normalized spacial score (nSPS) is 32.2. The Bertz CT molecular complexity index is 165. The van der Waals surface area contributed by atoms with Gasteiger partial charge in [-0.1, -0.05) is 0 Å². The zero-order chi connectivity index (χ0) is 11.3. The molecule has 1 N–H and O–H groups in total. The summed E-state index contributed by atoms with van der Waals surface area (Å²) in [6, 6.07) is 0.709. The van der Waals surface area contributed by atoms with Gasteiger partial charge in [0, 0.05) is 6.04 Å². The first kappa shape index (κ1) is 12.9. The molecule has 2 unspecified atom stereocenters. The molecule has 1 fully saturated rings. The number of ether oxygens (including phenoxy) is 1. The molecule has 0 amide bonds. The quantitative estimate of drug-likeness (QED) is 0.702. The van der Waals surface area contributed by atoms with E-state index in [1.54, 1.807) is 0 Å². The molecule has 0 aliphatic carbocycles. The molecule has 1 saturated heterocycles. The predicted molar refractivity (Wildman–Crippen MR) is 64.2 cm³/mol. The van der Waals surface area contributed by atoms with E-state index in [-0.39, 0.29) is 0 Å². The van der Waals surface area contributed by atoms with Gasteiger partial charge >= 0.3 is 0 Å². The van der Waals surface area contributed by atoms with Gasteiger partial charge in [0.15, 0.2) is 0 Å². The largest absolute Gasteiger partial charge is 0.375 e. The summed E-state index contributed by atoms with van der Waals surface area (Å²) in [5, 5.41) is 3.19. The second-order valence-corrected chi connectivity index (χ2v) is 4.82. The molecule has 0 spiro atoms. The van der Waals surface area contributed by atoms with E-state index in [4.69, 9.17) is 4.74 Å². The number of hydrogen-bond acceptors (Lipinski definition) is 3. The highest BCUT2D eigenvalue weighted by atomic mass is 16.5. The van der Waals surface area contributed by atoms with Crippen LogP contribution in [0.15, 0.2) is 0 Å². The highest BCUT2D eigenvalue weighted by Gasteiger charge is 2.26. The average Bonchev–Trinajstić information content (AvgIpc) is 2.16. The van der Waals surface area contributed by atoms with Crippen molar-refractivity contribution in [3.8, 4) is 0 Å². The minimum absolute atomic E-state index is 0.422. The molecule has 3 nitrogen and oxygen atoms in total. The first-order chi connectivity index (χ1) is 7.13. The standard InChI is InChI=1S/C12H26N2O/c1-10-8-12(9-11(2)15-10)14(4)7-5-6-13-3/h10-13H,5-9H2,1-4H3. The predicted octanol–water partition coefficient (Wildman–Crippen LogP) is 1.48. The summed E-state index contributed by atoms with van der Waals surface area (Å²) < 4.78 is 5.75. The summed E-state index contributed by atoms with van der Waals surface area (Å²) in [6.45, 7) is 6.66. The van der Waals surface area contributed by atoms with Crippen LogP contribution in [0.4, 0.5) is 0 Å². The van der Waals surface area contributed by atoms with Crippen LogP contribution in [-0.4, -0.2) is 50.3 Å². The molecular formula is C12H26N2O. The second-order valence-electron chi connectivity index (χ2n) is 4.82. The van der Waals surface area contributed by atoms with Gasteiger partial charge in [0.1, 0.15) is 0 Å². The lowest BCUT2D eigenvalue weighted by Gasteiger charge is -2.37. The summed E-state index contributed by atoms with van der Waals surface area (Å²) in [5.41, 5.74) is 0. The molecule has 0 saturated carbocycles. The van der Waals surface area contributed by atoms with Crippen LogP contribution >= 0.6 is 0 Å². The molecule has 2 atom stereocenters. The van der Waals surface area contributed by atoms with E-state index in [0.717, 1.165) is 6.54 Å². The summed E-state index contributed by atoms with van der Waals surface area (Å²) in [4.78, 5) is 2.49. The first-order valence-corrected chi connectivity index (χ1v) is 6.13. The lowest BCUT2D eigenvalue weighted by molar-refractivity contribution is -0.0612. The molecule has 0 radical (unpaired) electrons. The number of nitrogens with zero attached hydrogens (tertiary/aromatic N) is 1. The second kappa shape index (κ2) is 6.46. The van der Waals surface area contributed by atoms with Crippen LogP contribution in [0.3, 0.4) is 0 Å². The maximum atomic E-state index is 5.75. The number of rotatable bonds is 5. The van der Waals surface area contributed by atoms with Crippen molar-refractivity contribution >= 4 is 0 Å². The molecule has 3 heteroatoms. The van der Waals surface area contributed by atoms with Crippen LogP contribution in [0.25, 0.3) is 0 Å². The topological polar surface area (TPSA) is 24.5 Å². The Labute approximate surface area is 94.2 Å². The Morgan fingerprint density at radius 1 is 1.27 bits per heavy atom. The molecule has 0 bridgehead atoms. The van der Waals surface area contributed by atoms with Crippen LogP contribution < -0.4 is 5.32 Å². The summed E-state index contributed by atoms with van der Waals surface area (Å²) in [6.07, 6.45) is 4.43. The summed E-state index contributed by atoms with van der Waals surface area (Å²) >= 11 is 0. The van der Waals surface area contributed by atoms with E-state index in [9.17, 15) is 0 Å². The van der Waals surface area contributed by atoms with Gasteiger partial charge in [-0.2, -0.15) is 0 Å². The first-order valence-electron chi connectivity index (χ1n) is 6.13. The maximum Gasteiger partial charge on any atom is 0.0565 e. The number of hydrogen-bond donors (Lipinski definition) is 1. The summed E-state index contributed by atoms with van der Waals surface area (Å²) in [5.74, 6) is 0. The van der Waals surface area contributed by atoms with Crippen LogP contribution in [0.2, 0.25) is 0 Å². The van der Waals surface area contributed by atoms with Gasteiger partial charge in [-0.3, -0.25) is 0 Å². The van der Waals surface area contributed by atoms with Crippen molar-refractivity contribution in [1.82, 2.24) is 10.2 Å². The number of nitrogens with one attached hydrogen (secondary N) is 1. The van der Waals surface area contributed by atoms with Crippen molar-refractivity contribution in [2.75, 3.05) is 27.2 Å². The monoisotopic (exact) mass is 214 g/mol. The van der Waals surface area contributed by atoms with E-state index in [1.807, 2.05) is 7.05 Å². The Hall–Kier alpha value is -0.120. The lowest BCUT2D eigenvalue weighted by atomic mass is 9.98. The van der Waals surface area contributed by atoms with Gasteiger partial charge < -0.3 is 15.0 Å². The summed E-state index contributed by atoms with van der Waals surface area (Å²) in [7, 11) is 4.25. The van der Waals surface area contributed by atoms with E-state index in [1.165, 1.54) is 25.8 Å². The van der Waals surface area contributed by atoms with Crippen LogP contribution in [0.1, 0.15) is 33.1 Å². The van der Waals surface area contributed by atoms with Gasteiger partial charge in [0.05, 0.1) is 12.2 Å². The minimum Gasteiger partial charge on any atom is -0.375 e. The fourth-order valence-corrected chi connectivity index (χ4v) is 2.42. The Morgan fingerprint density at radius 2 is 1.87 bits per heavy atom. The molecule has 1 heterocycles. The van der Waals surface area contributed by atoms with Crippen molar-refractivity contribution in [2.45, 2.75) is 51.4 Å². The molecular weight excluding hydrogens is 188 g/mol. The molecule has 15 heavy (non-hydrogen) atoms. The fourth-order valence-electron chi connectivity index (χ4n) is 2.42. The SMILES string of the molecule is CNCCCN(C)C1CC(C)OC(C)C1. The molecule has 1 aliphatic rings. The average molecular weight is 214 g/mol. The van der Waals surface area contributed by atoms with Crippen molar-refractivity contribution in [3.05, 3.63) is 0 Å². The zero-order valence-corrected chi connectivity index (χ0v) is 10.6. The van der Waals surface area contributed by atoms with Crippen LogP contribution in [0.5, 0.6) is 0 Å². The zero-order valence-electron chi connectivity index (χ0n) is 10.6. The molecule has 0 aromatic carbocycles. The van der Waals surface area contributed by atoms with Crippen LogP contribution in [-0.2, 0) is 4.74 Å². The Balaban J connectivity index is 2.28. The maximum absolute atomic E-state index is 5.75. The third kappa shape index (κ3) is 4.49. The van der Waals surface area contributed by atoms with Gasteiger partial charge in [-0.15, -0.1) is 0 Å². The van der Waals surface area contributed by atoms with Crippen molar-refractivity contribution in [1.29, 1.82) is 0 Å². The third-order valence-electron chi connectivity index (χ3n) is 3.23. The van der Waals surface area contributed by atoms with Gasteiger partial charge in [-0.05, 0) is 60.3 Å². The van der Waals surface area contributed by atoms with Crippen molar-refractivity contribution in [3.63, 3.8) is 0 Å². The van der Waals surface area contributed by atoms with E-state index in [0.29, 0.717) is 18.2 Å². The van der Waals surface area contributed by atoms with E-state index >= 15 is 0 Å². The van der Waals surface area contributed by atoms with Crippen LogP contribution in [0, 0.1) is 0 Å². The fraction of sp³-hybridized carbons (Fsp3) is 1.00. The molecule has 90 valence electrons. The van der Waals surface area contributed by atoms with Gasteiger partial charge in [-0.25, -0.2) is 0 Å².